The number of hydrogen-bond acceptors (Lipinski definition) is 4. The Morgan fingerprint density at radius 3 is 3.09 bits per heavy atom. The van der Waals surface area contributed by atoms with Crippen LogP contribution in [0.1, 0.15) is 18.4 Å². The van der Waals surface area contributed by atoms with Gasteiger partial charge in [-0.3, -0.25) is 9.69 Å². The first-order valence-electron chi connectivity index (χ1n) is 7.75. The molecule has 1 aromatic carbocycles. The van der Waals surface area contributed by atoms with Gasteiger partial charge in [-0.05, 0) is 37.6 Å². The Balaban J connectivity index is 1.83. The van der Waals surface area contributed by atoms with Gasteiger partial charge in [0.1, 0.15) is 12.4 Å². The largest absolute Gasteiger partial charge is 0.491 e. The van der Waals surface area contributed by atoms with Gasteiger partial charge in [-0.1, -0.05) is 15.9 Å². The van der Waals surface area contributed by atoms with Crippen molar-refractivity contribution >= 4 is 21.8 Å². The Kier molecular flexibility index (Phi) is 5.33. The number of halogens is 1. The van der Waals surface area contributed by atoms with Gasteiger partial charge < -0.3 is 14.8 Å². The number of amides is 1. The smallest absolute Gasteiger partial charge is 0.237 e. The van der Waals surface area contributed by atoms with Gasteiger partial charge in [-0.15, -0.1) is 0 Å². The van der Waals surface area contributed by atoms with Gasteiger partial charge in [0.15, 0.2) is 0 Å². The lowest BCUT2D eigenvalue weighted by Crippen LogP contribution is -2.43. The second kappa shape index (κ2) is 7.44. The van der Waals surface area contributed by atoms with Gasteiger partial charge in [0, 0.05) is 23.1 Å². The van der Waals surface area contributed by atoms with Crippen LogP contribution in [0, 0.1) is 0 Å². The molecule has 0 spiro atoms. The van der Waals surface area contributed by atoms with Crippen LogP contribution in [0.15, 0.2) is 22.7 Å². The predicted molar refractivity (Wildman–Crippen MR) is 86.9 cm³/mol. The van der Waals surface area contributed by atoms with Crippen LogP contribution < -0.4 is 10.1 Å². The highest BCUT2D eigenvalue weighted by Crippen LogP contribution is 2.28. The third kappa shape index (κ3) is 3.80. The number of nitrogens with one attached hydrogen (secondary N) is 1. The Bertz CT molecular complexity index is 538. The van der Waals surface area contributed by atoms with Crippen LogP contribution in [-0.4, -0.2) is 49.8 Å². The molecule has 1 fully saturated rings. The first-order valence-corrected chi connectivity index (χ1v) is 8.54. The molecule has 2 aliphatic heterocycles. The highest BCUT2D eigenvalue weighted by Gasteiger charge is 2.31. The van der Waals surface area contributed by atoms with E-state index in [1.54, 1.807) is 0 Å². The molecule has 0 aliphatic carbocycles. The lowest BCUT2D eigenvalue weighted by Gasteiger charge is -2.24. The summed E-state index contributed by atoms with van der Waals surface area (Å²) in [5, 5.41) is 2.97. The van der Waals surface area contributed by atoms with Crippen molar-refractivity contribution in [3.8, 4) is 5.75 Å². The summed E-state index contributed by atoms with van der Waals surface area (Å²) in [7, 11) is 0. The van der Waals surface area contributed by atoms with Gasteiger partial charge in [0.25, 0.3) is 0 Å². The summed E-state index contributed by atoms with van der Waals surface area (Å²) in [5.74, 6) is 0.981. The molecule has 0 radical (unpaired) electrons. The molecule has 0 saturated carbocycles. The fraction of sp³-hybridized carbons (Fsp3) is 0.562. The average molecular weight is 369 g/mol. The molecule has 5 nitrogen and oxygen atoms in total. The normalized spacial score (nSPS) is 24.0. The number of rotatable bonds is 0. The maximum atomic E-state index is 12.3. The Labute approximate surface area is 139 Å². The SMILES string of the molecule is O=C1NCCOCCOc2ccc(Br)cc2CN2CCC[C@@H]12. The van der Waals surface area contributed by atoms with Crippen molar-refractivity contribution in [3.05, 3.63) is 28.2 Å². The van der Waals surface area contributed by atoms with E-state index in [1.165, 1.54) is 0 Å². The number of ether oxygens (including phenoxy) is 2. The van der Waals surface area contributed by atoms with Crippen LogP contribution >= 0.6 is 15.9 Å². The molecule has 2 heterocycles. The van der Waals surface area contributed by atoms with Crippen molar-refractivity contribution < 1.29 is 14.3 Å². The summed E-state index contributed by atoms with van der Waals surface area (Å²) in [6.45, 7) is 3.80. The van der Waals surface area contributed by atoms with Gasteiger partial charge in [-0.25, -0.2) is 0 Å². The molecule has 2 aliphatic rings. The minimum Gasteiger partial charge on any atom is -0.491 e. The molecular formula is C16H21BrN2O3. The van der Waals surface area contributed by atoms with E-state index in [1.807, 2.05) is 12.1 Å². The standard InChI is InChI=1S/C16H21BrN2O3/c17-13-3-4-15-12(10-13)11-19-6-1-2-14(19)16(20)18-5-7-21-8-9-22-15/h3-4,10,14H,1-2,5-9,11H2,(H,18,20)/t14-/m0/s1. The number of carbonyl (C=O) groups excluding carboxylic acids is 1. The van der Waals surface area contributed by atoms with Crippen LogP contribution in [-0.2, 0) is 16.1 Å². The van der Waals surface area contributed by atoms with E-state index < -0.39 is 0 Å². The molecule has 0 bridgehead atoms. The molecule has 1 saturated heterocycles. The third-order valence-electron chi connectivity index (χ3n) is 4.09. The lowest BCUT2D eigenvalue weighted by atomic mass is 10.1. The summed E-state index contributed by atoms with van der Waals surface area (Å²) in [5.41, 5.74) is 1.10. The van der Waals surface area contributed by atoms with Gasteiger partial charge in [0.05, 0.1) is 19.3 Å². The van der Waals surface area contributed by atoms with Crippen molar-refractivity contribution in [1.29, 1.82) is 0 Å². The molecular weight excluding hydrogens is 348 g/mol. The molecule has 1 N–H and O–H groups in total. The highest BCUT2D eigenvalue weighted by atomic mass is 79.9. The minimum atomic E-state index is -0.0485. The molecule has 22 heavy (non-hydrogen) atoms. The molecule has 3 rings (SSSR count). The second-order valence-corrected chi connectivity index (χ2v) is 6.55. The van der Waals surface area contributed by atoms with Crippen LogP contribution in [0.3, 0.4) is 0 Å². The van der Waals surface area contributed by atoms with E-state index in [2.05, 4.69) is 32.2 Å². The maximum Gasteiger partial charge on any atom is 0.237 e. The maximum absolute atomic E-state index is 12.3. The lowest BCUT2D eigenvalue weighted by molar-refractivity contribution is -0.125. The van der Waals surface area contributed by atoms with E-state index in [0.29, 0.717) is 26.4 Å². The van der Waals surface area contributed by atoms with Crippen molar-refractivity contribution in [2.75, 3.05) is 32.9 Å². The summed E-state index contributed by atoms with van der Waals surface area (Å²) in [4.78, 5) is 14.6. The fourth-order valence-corrected chi connectivity index (χ4v) is 3.43. The van der Waals surface area contributed by atoms with E-state index in [9.17, 15) is 4.79 Å². The predicted octanol–water partition coefficient (Wildman–Crippen LogP) is 1.94. The van der Waals surface area contributed by atoms with Crippen LogP contribution in [0.2, 0.25) is 0 Å². The first kappa shape index (κ1) is 15.8. The Morgan fingerprint density at radius 2 is 2.18 bits per heavy atom. The summed E-state index contributed by atoms with van der Waals surface area (Å²) < 4.78 is 12.4. The van der Waals surface area contributed by atoms with E-state index >= 15 is 0 Å². The van der Waals surface area contributed by atoms with Crippen LogP contribution in [0.5, 0.6) is 5.75 Å². The summed E-state index contributed by atoms with van der Waals surface area (Å²) >= 11 is 3.52. The molecule has 1 atom stereocenters. The van der Waals surface area contributed by atoms with E-state index in [4.69, 9.17) is 9.47 Å². The van der Waals surface area contributed by atoms with Crippen LogP contribution in [0.25, 0.3) is 0 Å². The fourth-order valence-electron chi connectivity index (χ4n) is 3.02. The highest BCUT2D eigenvalue weighted by molar-refractivity contribution is 9.10. The zero-order chi connectivity index (χ0) is 15.4. The zero-order valence-corrected chi connectivity index (χ0v) is 14.1. The zero-order valence-electron chi connectivity index (χ0n) is 12.5. The number of fused-ring (bicyclic) bond motifs is 2. The molecule has 1 aromatic rings. The van der Waals surface area contributed by atoms with E-state index in [-0.39, 0.29) is 11.9 Å². The van der Waals surface area contributed by atoms with Gasteiger partial charge >= 0.3 is 0 Å². The van der Waals surface area contributed by atoms with Crippen molar-refractivity contribution in [1.82, 2.24) is 10.2 Å². The molecule has 6 heteroatoms. The topological polar surface area (TPSA) is 50.8 Å². The quantitative estimate of drug-likeness (QED) is 0.760. The second-order valence-electron chi connectivity index (χ2n) is 5.63. The molecule has 1 amide bonds. The van der Waals surface area contributed by atoms with E-state index in [0.717, 1.165) is 41.7 Å². The number of nitrogens with zero attached hydrogens (tertiary/aromatic N) is 1. The monoisotopic (exact) mass is 368 g/mol. The number of benzene rings is 1. The van der Waals surface area contributed by atoms with Gasteiger partial charge in [0.2, 0.25) is 5.91 Å². The van der Waals surface area contributed by atoms with Gasteiger partial charge in [-0.2, -0.15) is 0 Å². The Morgan fingerprint density at radius 1 is 1.27 bits per heavy atom. The Hall–Kier alpha value is -1.11. The first-order chi connectivity index (χ1) is 10.7. The summed E-state index contributed by atoms with van der Waals surface area (Å²) in [6, 6.07) is 5.98. The molecule has 0 unspecified atom stereocenters. The van der Waals surface area contributed by atoms with Crippen molar-refractivity contribution in [3.63, 3.8) is 0 Å². The number of hydrogen-bond donors (Lipinski definition) is 1. The average Bonchev–Trinajstić information content (AvgIpc) is 2.95. The molecule has 120 valence electrons. The minimum absolute atomic E-state index is 0.0485. The van der Waals surface area contributed by atoms with Crippen LogP contribution in [0.4, 0.5) is 0 Å². The number of carbonyl (C=O) groups is 1. The van der Waals surface area contributed by atoms with Crippen molar-refractivity contribution in [2.24, 2.45) is 0 Å². The van der Waals surface area contributed by atoms with Crippen molar-refractivity contribution in [2.45, 2.75) is 25.4 Å². The summed E-state index contributed by atoms with van der Waals surface area (Å²) in [6.07, 6.45) is 1.97. The third-order valence-corrected chi connectivity index (χ3v) is 4.59. The molecule has 0 aromatic heterocycles.